The van der Waals surface area contributed by atoms with E-state index in [1.165, 1.54) is 15.9 Å². The first kappa shape index (κ1) is 20.2. The van der Waals surface area contributed by atoms with Crippen LogP contribution >= 0.6 is 6.89 Å². The molecular weight excluding hydrogens is 371 g/mol. The number of benzene rings is 3. The smallest absolute Gasteiger partial charge is 0.130 e. The summed E-state index contributed by atoms with van der Waals surface area (Å²) in [5.41, 5.74) is 0.106. The average molecular weight is 392 g/mol. The summed E-state index contributed by atoms with van der Waals surface area (Å²) in [7, 11) is 0. The highest BCUT2D eigenvalue weighted by Crippen LogP contribution is 2.47. The number of rotatable bonds is 6. The van der Waals surface area contributed by atoms with Gasteiger partial charge in [0.2, 0.25) is 0 Å². The Balaban J connectivity index is 2.62. The average Bonchev–Trinajstić information content (AvgIpc) is 2.80. The number of nitrogens with zero attached hydrogens (tertiary/aromatic N) is 2. The molecule has 0 atom stereocenters. The van der Waals surface area contributed by atoms with Crippen LogP contribution in [0.2, 0.25) is 0 Å². The SMILES string of the molecule is C=CCC(C=C(C#N)C#N)=P(c1ccccc1)(c1ccccc1)c1ccccc1. The predicted molar refractivity (Wildman–Crippen MR) is 124 cm³/mol. The van der Waals surface area contributed by atoms with Crippen LogP contribution in [0.1, 0.15) is 6.42 Å². The Bertz CT molecular complexity index is 1030. The third kappa shape index (κ3) is 4.00. The van der Waals surface area contributed by atoms with Gasteiger partial charge >= 0.3 is 0 Å². The molecule has 0 saturated heterocycles. The highest BCUT2D eigenvalue weighted by Gasteiger charge is 2.28. The number of hydrogen-bond donors (Lipinski definition) is 0. The molecule has 0 radical (unpaired) electrons. The molecule has 140 valence electrons. The maximum atomic E-state index is 9.45. The Morgan fingerprint density at radius 1 is 0.724 bits per heavy atom. The van der Waals surface area contributed by atoms with Crippen molar-refractivity contribution in [2.24, 2.45) is 0 Å². The van der Waals surface area contributed by atoms with Gasteiger partial charge in [0.15, 0.2) is 0 Å². The monoisotopic (exact) mass is 392 g/mol. The van der Waals surface area contributed by atoms with Crippen LogP contribution in [0.25, 0.3) is 0 Å². The zero-order valence-corrected chi connectivity index (χ0v) is 17.0. The second-order valence-corrected chi connectivity index (χ2v) is 9.91. The quantitative estimate of drug-likeness (QED) is 0.347. The predicted octanol–water partition coefficient (Wildman–Crippen LogP) is 4.70. The summed E-state index contributed by atoms with van der Waals surface area (Å²) in [4.78, 5) is 0. The second-order valence-electron chi connectivity index (χ2n) is 6.44. The van der Waals surface area contributed by atoms with Crippen LogP contribution in [0.5, 0.6) is 0 Å². The molecule has 29 heavy (non-hydrogen) atoms. The van der Waals surface area contributed by atoms with Crippen molar-refractivity contribution in [1.82, 2.24) is 0 Å². The van der Waals surface area contributed by atoms with E-state index >= 15 is 0 Å². The summed E-state index contributed by atoms with van der Waals surface area (Å²) in [5, 5.41) is 23.5. The zero-order chi connectivity index (χ0) is 20.5. The summed E-state index contributed by atoms with van der Waals surface area (Å²) in [6.45, 7) is 1.66. The molecule has 3 aromatic carbocycles. The first-order valence-corrected chi connectivity index (χ1v) is 11.1. The summed E-state index contributed by atoms with van der Waals surface area (Å²) in [5.74, 6) is 0. The van der Waals surface area contributed by atoms with Crippen LogP contribution in [0.3, 0.4) is 0 Å². The van der Waals surface area contributed by atoms with Crippen molar-refractivity contribution < 1.29 is 0 Å². The van der Waals surface area contributed by atoms with Crippen molar-refractivity contribution in [3.05, 3.63) is 115 Å². The molecule has 0 aromatic heterocycles. The standard InChI is InChI=1S/C26H21N2P/c1-2-12-26(19-22(20-27)21-28)29(23-13-6-3-7-14-23,24-15-8-4-9-16-24)25-17-10-5-11-18-25/h2-11,13-19H,1,12H2. The lowest BCUT2D eigenvalue weighted by Crippen LogP contribution is -2.30. The molecule has 0 aliphatic rings. The van der Waals surface area contributed by atoms with Gasteiger partial charge in [-0.3, -0.25) is 0 Å². The van der Waals surface area contributed by atoms with Gasteiger partial charge in [0, 0.05) is 0 Å². The molecule has 0 heterocycles. The Morgan fingerprint density at radius 3 is 1.41 bits per heavy atom. The van der Waals surface area contributed by atoms with E-state index in [1.54, 1.807) is 6.08 Å². The molecule has 0 aliphatic heterocycles. The minimum Gasteiger partial charge on any atom is -0.192 e. The Hall–Kier alpha value is -3.58. The fourth-order valence-electron chi connectivity index (χ4n) is 3.60. The molecule has 0 bridgehead atoms. The van der Waals surface area contributed by atoms with E-state index < -0.39 is 6.89 Å². The van der Waals surface area contributed by atoms with Crippen LogP contribution in [0.4, 0.5) is 0 Å². The molecule has 0 amide bonds. The highest BCUT2D eigenvalue weighted by atomic mass is 31.2. The lowest BCUT2D eigenvalue weighted by Gasteiger charge is -2.32. The topological polar surface area (TPSA) is 47.6 Å². The van der Waals surface area contributed by atoms with E-state index in [2.05, 4.69) is 43.0 Å². The lowest BCUT2D eigenvalue weighted by molar-refractivity contribution is 1.46. The molecule has 0 spiro atoms. The van der Waals surface area contributed by atoms with Gasteiger partial charge in [0.05, 0.1) is 0 Å². The molecule has 2 nitrogen and oxygen atoms in total. The third-order valence-electron chi connectivity index (χ3n) is 4.77. The van der Waals surface area contributed by atoms with Crippen molar-refractivity contribution in [3.8, 4) is 12.1 Å². The molecule has 3 aromatic rings. The van der Waals surface area contributed by atoms with Crippen molar-refractivity contribution >= 4 is 28.1 Å². The molecule has 0 fully saturated rings. The summed E-state index contributed by atoms with van der Waals surface area (Å²) >= 11 is 0. The lowest BCUT2D eigenvalue weighted by atomic mass is 10.2. The van der Waals surface area contributed by atoms with Gasteiger partial charge < -0.3 is 0 Å². The van der Waals surface area contributed by atoms with E-state index in [0.717, 1.165) is 5.29 Å². The largest absolute Gasteiger partial charge is 0.192 e. The van der Waals surface area contributed by atoms with Crippen LogP contribution in [-0.4, -0.2) is 5.29 Å². The number of hydrogen-bond acceptors (Lipinski definition) is 2. The molecule has 0 N–H and O–H groups in total. The van der Waals surface area contributed by atoms with E-state index in [9.17, 15) is 10.5 Å². The number of nitriles is 2. The van der Waals surface area contributed by atoms with Crippen LogP contribution in [-0.2, 0) is 0 Å². The molecule has 0 aliphatic carbocycles. The third-order valence-corrected chi connectivity index (χ3v) is 9.16. The van der Waals surface area contributed by atoms with E-state index in [1.807, 2.05) is 72.8 Å². The summed E-state index contributed by atoms with van der Waals surface area (Å²) < 4.78 is 0. The molecule has 0 unspecified atom stereocenters. The van der Waals surface area contributed by atoms with Gasteiger partial charge in [-0.2, -0.15) is 10.5 Å². The number of allylic oxidation sites excluding steroid dienone is 3. The van der Waals surface area contributed by atoms with Crippen molar-refractivity contribution in [2.45, 2.75) is 6.42 Å². The van der Waals surface area contributed by atoms with Gasteiger partial charge in [0.25, 0.3) is 0 Å². The minimum absolute atomic E-state index is 0.106. The van der Waals surface area contributed by atoms with Gasteiger partial charge in [-0.25, -0.2) is 0 Å². The van der Waals surface area contributed by atoms with Gasteiger partial charge in [0.1, 0.15) is 17.7 Å². The van der Waals surface area contributed by atoms with E-state index in [0.29, 0.717) is 6.42 Å². The zero-order valence-electron chi connectivity index (χ0n) is 16.1. The van der Waals surface area contributed by atoms with Crippen LogP contribution in [0, 0.1) is 22.7 Å². The maximum Gasteiger partial charge on any atom is 0.130 e. The molecule has 0 saturated carbocycles. The second kappa shape index (κ2) is 9.57. The van der Waals surface area contributed by atoms with Crippen LogP contribution in [0.15, 0.2) is 115 Å². The maximum absolute atomic E-state index is 9.45. The van der Waals surface area contributed by atoms with E-state index in [-0.39, 0.29) is 5.57 Å². The van der Waals surface area contributed by atoms with Crippen molar-refractivity contribution in [2.75, 3.05) is 0 Å². The van der Waals surface area contributed by atoms with Crippen molar-refractivity contribution in [3.63, 3.8) is 0 Å². The highest BCUT2D eigenvalue weighted by molar-refractivity contribution is 7.95. The summed E-state index contributed by atoms with van der Waals surface area (Å²) in [6, 6.07) is 35.2. The molecule has 3 rings (SSSR count). The first-order chi connectivity index (χ1) is 14.3. The van der Waals surface area contributed by atoms with Gasteiger partial charge in [-0.1, -0.05) is 97.1 Å². The molecular formula is C26H21N2P. The van der Waals surface area contributed by atoms with Crippen molar-refractivity contribution in [1.29, 1.82) is 10.5 Å². The fourth-order valence-corrected chi connectivity index (χ4v) is 8.07. The van der Waals surface area contributed by atoms with E-state index in [4.69, 9.17) is 0 Å². The first-order valence-electron chi connectivity index (χ1n) is 9.32. The van der Waals surface area contributed by atoms with Gasteiger partial charge in [-0.05, 0) is 40.6 Å². The Kier molecular flexibility index (Phi) is 6.65. The fraction of sp³-hybridized carbons (Fsp3) is 0.0385. The Labute approximate surface area is 172 Å². The normalized spacial score (nSPS) is 10.3. The summed E-state index contributed by atoms with van der Waals surface area (Å²) in [6.07, 6.45) is 4.20. The minimum atomic E-state index is -2.29. The van der Waals surface area contributed by atoms with Crippen LogP contribution < -0.4 is 15.9 Å². The Morgan fingerprint density at radius 2 is 1.10 bits per heavy atom. The van der Waals surface area contributed by atoms with Gasteiger partial charge in [-0.15, -0.1) is 6.58 Å². The molecule has 3 heteroatoms.